The summed E-state index contributed by atoms with van der Waals surface area (Å²) in [4.78, 5) is 11.0. The Hall–Kier alpha value is -3.09. The van der Waals surface area contributed by atoms with Gasteiger partial charge in [0.1, 0.15) is 5.69 Å². The summed E-state index contributed by atoms with van der Waals surface area (Å²) in [6.45, 7) is 0. The average molecular weight is 274 g/mol. The minimum Gasteiger partial charge on any atom is -0.504 e. The van der Waals surface area contributed by atoms with Crippen molar-refractivity contribution < 1.29 is 25.2 Å². The molecule has 0 aromatic heterocycles. The van der Waals surface area contributed by atoms with Gasteiger partial charge in [-0.3, -0.25) is 0 Å². The quantitative estimate of drug-likeness (QED) is 0.506. The van der Waals surface area contributed by atoms with Gasteiger partial charge in [0.25, 0.3) is 0 Å². The van der Waals surface area contributed by atoms with E-state index in [1.807, 2.05) is 0 Å². The largest absolute Gasteiger partial charge is 0.504 e. The number of carboxylic acid groups (broad SMARTS) is 1. The molecule has 7 heteroatoms. The van der Waals surface area contributed by atoms with Crippen molar-refractivity contribution >= 4 is 17.3 Å². The van der Waals surface area contributed by atoms with E-state index in [0.717, 1.165) is 6.07 Å². The highest BCUT2D eigenvalue weighted by Gasteiger charge is 2.21. The number of phenols is 3. The summed E-state index contributed by atoms with van der Waals surface area (Å²) in [5.74, 6) is -3.87. The number of hydrogen-bond donors (Lipinski definition) is 4. The average Bonchev–Trinajstić information content (AvgIpc) is 2.44. The molecule has 0 aliphatic rings. The van der Waals surface area contributed by atoms with Gasteiger partial charge in [-0.15, -0.1) is 5.11 Å². The van der Waals surface area contributed by atoms with Gasteiger partial charge in [0.2, 0.25) is 5.75 Å². The highest BCUT2D eigenvalue weighted by molar-refractivity contribution is 5.96. The molecule has 0 unspecified atom stereocenters. The lowest BCUT2D eigenvalue weighted by Gasteiger charge is -2.06. The van der Waals surface area contributed by atoms with Crippen molar-refractivity contribution in [2.75, 3.05) is 0 Å². The van der Waals surface area contributed by atoms with Crippen LogP contribution in [-0.2, 0) is 0 Å². The number of nitrogens with zero attached hydrogens (tertiary/aromatic N) is 2. The molecule has 2 rings (SSSR count). The summed E-state index contributed by atoms with van der Waals surface area (Å²) in [6, 6.07) is 9.23. The molecule has 20 heavy (non-hydrogen) atoms. The molecule has 0 aliphatic heterocycles. The molecule has 0 aliphatic carbocycles. The van der Waals surface area contributed by atoms with Crippen molar-refractivity contribution in [1.29, 1.82) is 0 Å². The minimum absolute atomic E-state index is 0.434. The van der Waals surface area contributed by atoms with Gasteiger partial charge in [-0.2, -0.15) is 5.11 Å². The van der Waals surface area contributed by atoms with Gasteiger partial charge in [0, 0.05) is 6.07 Å². The second-order valence-electron chi connectivity index (χ2n) is 3.83. The van der Waals surface area contributed by atoms with E-state index in [2.05, 4.69) is 10.2 Å². The Morgan fingerprint density at radius 2 is 1.60 bits per heavy atom. The summed E-state index contributed by atoms with van der Waals surface area (Å²) < 4.78 is 0. The summed E-state index contributed by atoms with van der Waals surface area (Å²) in [6.07, 6.45) is 0. The van der Waals surface area contributed by atoms with E-state index in [4.69, 9.17) is 5.11 Å². The predicted molar refractivity (Wildman–Crippen MR) is 69.0 cm³/mol. The van der Waals surface area contributed by atoms with Crippen LogP contribution in [0.2, 0.25) is 0 Å². The van der Waals surface area contributed by atoms with Crippen molar-refractivity contribution in [1.82, 2.24) is 0 Å². The second kappa shape index (κ2) is 5.27. The number of phenolic OH excluding ortho intramolecular Hbond substituents is 3. The minimum atomic E-state index is -1.42. The summed E-state index contributed by atoms with van der Waals surface area (Å²) in [5, 5.41) is 44.7. The van der Waals surface area contributed by atoms with Crippen molar-refractivity contribution in [3.05, 3.63) is 42.0 Å². The van der Waals surface area contributed by atoms with Gasteiger partial charge in [-0.1, -0.05) is 18.2 Å². The van der Waals surface area contributed by atoms with Crippen LogP contribution in [0.4, 0.5) is 11.4 Å². The molecule has 4 N–H and O–H groups in total. The van der Waals surface area contributed by atoms with E-state index in [1.54, 1.807) is 30.3 Å². The lowest BCUT2D eigenvalue weighted by atomic mass is 10.1. The molecule has 0 saturated carbocycles. The third-order valence-electron chi connectivity index (χ3n) is 2.48. The third-order valence-corrected chi connectivity index (χ3v) is 2.48. The van der Waals surface area contributed by atoms with Crippen molar-refractivity contribution in [2.24, 2.45) is 10.2 Å². The first-order valence-electron chi connectivity index (χ1n) is 5.48. The molecular formula is C13H10N2O5. The molecule has 0 fully saturated rings. The summed E-state index contributed by atoms with van der Waals surface area (Å²) in [7, 11) is 0. The molecule has 0 atom stereocenters. The molecule has 0 saturated heterocycles. The molecule has 2 aromatic carbocycles. The Kier molecular flexibility index (Phi) is 3.52. The highest BCUT2D eigenvalue weighted by atomic mass is 16.4. The molecular weight excluding hydrogens is 264 g/mol. The van der Waals surface area contributed by atoms with E-state index in [0.29, 0.717) is 5.69 Å². The number of carbonyl (C=O) groups is 1. The van der Waals surface area contributed by atoms with Crippen LogP contribution in [0.25, 0.3) is 0 Å². The molecule has 7 nitrogen and oxygen atoms in total. The van der Waals surface area contributed by atoms with Gasteiger partial charge in [0.15, 0.2) is 11.5 Å². The fourth-order valence-electron chi connectivity index (χ4n) is 1.50. The fourth-order valence-corrected chi connectivity index (χ4v) is 1.50. The van der Waals surface area contributed by atoms with Crippen LogP contribution in [0.1, 0.15) is 10.4 Å². The second-order valence-corrected chi connectivity index (χ2v) is 3.83. The lowest BCUT2D eigenvalue weighted by molar-refractivity contribution is 0.0697. The Bertz CT molecular complexity index is 683. The van der Waals surface area contributed by atoms with Gasteiger partial charge >= 0.3 is 5.97 Å². The number of aromatic hydroxyl groups is 3. The maximum Gasteiger partial charge on any atom is 0.338 e. The SMILES string of the molecule is O=C(O)c1cc(O)c(O)c(O)c1N=Nc1ccccc1. The fraction of sp³-hybridized carbons (Fsp3) is 0. The Balaban J connectivity index is 2.53. The Morgan fingerprint density at radius 1 is 0.950 bits per heavy atom. The number of rotatable bonds is 3. The normalized spacial score (nSPS) is 10.8. The number of benzene rings is 2. The third kappa shape index (κ3) is 2.51. The van der Waals surface area contributed by atoms with E-state index >= 15 is 0 Å². The van der Waals surface area contributed by atoms with Crippen LogP contribution in [0.15, 0.2) is 46.6 Å². The zero-order chi connectivity index (χ0) is 14.7. The van der Waals surface area contributed by atoms with Gasteiger partial charge in [-0.25, -0.2) is 4.79 Å². The monoisotopic (exact) mass is 274 g/mol. The van der Waals surface area contributed by atoms with Crippen LogP contribution < -0.4 is 0 Å². The van der Waals surface area contributed by atoms with Crippen LogP contribution in [0.3, 0.4) is 0 Å². The van der Waals surface area contributed by atoms with E-state index < -0.39 is 34.5 Å². The van der Waals surface area contributed by atoms with Crippen LogP contribution >= 0.6 is 0 Å². The molecule has 0 heterocycles. The number of carboxylic acids is 1. The number of azo groups is 1. The first-order chi connectivity index (χ1) is 9.50. The maximum atomic E-state index is 11.0. The summed E-state index contributed by atoms with van der Waals surface area (Å²) in [5.41, 5.74) is -0.468. The topological polar surface area (TPSA) is 123 Å². The molecule has 102 valence electrons. The zero-order valence-corrected chi connectivity index (χ0v) is 10.1. The first kappa shape index (κ1) is 13.3. The molecule has 2 aromatic rings. The van der Waals surface area contributed by atoms with Crippen LogP contribution in [0.5, 0.6) is 17.2 Å². The predicted octanol–water partition coefficient (Wildman–Crippen LogP) is 2.92. The molecule has 0 radical (unpaired) electrons. The standard InChI is InChI=1S/C13H10N2O5/c16-9-6-8(13(19)20)10(12(18)11(9)17)15-14-7-4-2-1-3-5-7/h1-6,16-18H,(H,19,20). The smallest absolute Gasteiger partial charge is 0.338 e. The first-order valence-corrected chi connectivity index (χ1v) is 5.48. The molecule has 0 amide bonds. The molecule has 0 bridgehead atoms. The van der Waals surface area contributed by atoms with Crippen LogP contribution in [-0.4, -0.2) is 26.4 Å². The van der Waals surface area contributed by atoms with E-state index in [-0.39, 0.29) is 0 Å². The molecule has 0 spiro atoms. The Morgan fingerprint density at radius 3 is 2.20 bits per heavy atom. The van der Waals surface area contributed by atoms with E-state index in [1.165, 1.54) is 0 Å². The summed E-state index contributed by atoms with van der Waals surface area (Å²) >= 11 is 0. The van der Waals surface area contributed by atoms with Crippen LogP contribution in [0, 0.1) is 0 Å². The highest BCUT2D eigenvalue weighted by Crippen LogP contribution is 2.45. The Labute approximate surface area is 113 Å². The zero-order valence-electron chi connectivity index (χ0n) is 10.1. The van der Waals surface area contributed by atoms with Gasteiger partial charge in [0.05, 0.1) is 11.3 Å². The van der Waals surface area contributed by atoms with E-state index in [9.17, 15) is 20.1 Å². The van der Waals surface area contributed by atoms with Crippen molar-refractivity contribution in [2.45, 2.75) is 0 Å². The maximum absolute atomic E-state index is 11.0. The van der Waals surface area contributed by atoms with Crippen molar-refractivity contribution in [3.63, 3.8) is 0 Å². The van der Waals surface area contributed by atoms with Crippen molar-refractivity contribution in [3.8, 4) is 17.2 Å². The number of aromatic carboxylic acids is 1. The number of hydrogen-bond acceptors (Lipinski definition) is 6. The van der Waals surface area contributed by atoms with Gasteiger partial charge in [-0.05, 0) is 12.1 Å². The van der Waals surface area contributed by atoms with Gasteiger partial charge < -0.3 is 20.4 Å². The lowest BCUT2D eigenvalue weighted by Crippen LogP contribution is -1.96.